The molecule has 3 N–H and O–H groups in total. The van der Waals surface area contributed by atoms with Crippen molar-refractivity contribution >= 4 is 33.2 Å². The van der Waals surface area contributed by atoms with E-state index >= 15 is 0 Å². The van der Waals surface area contributed by atoms with Gasteiger partial charge >= 0.3 is 15.5 Å². The molecule has 5 nitrogen and oxygen atoms in total. The van der Waals surface area contributed by atoms with E-state index in [0.29, 0.717) is 0 Å². The number of halogens is 4. The predicted octanol–water partition coefficient (Wildman–Crippen LogP) is 1.70. The predicted molar refractivity (Wildman–Crippen MR) is 58.6 cm³/mol. The SMILES string of the molecule is NC(=O)c1ccc(Cl)cc1NS(=O)(=O)C(F)(F)F. The molecule has 0 bridgehead atoms. The summed E-state index contributed by atoms with van der Waals surface area (Å²) in [5.74, 6) is -1.09. The first-order valence-electron chi connectivity index (χ1n) is 4.23. The molecule has 0 heterocycles. The molecule has 1 rings (SSSR count). The zero-order valence-electron chi connectivity index (χ0n) is 8.45. The van der Waals surface area contributed by atoms with Crippen molar-refractivity contribution in [2.24, 2.45) is 5.73 Å². The molecule has 0 aliphatic rings. The quantitative estimate of drug-likeness (QED) is 0.890. The molecule has 0 fully saturated rings. The van der Waals surface area contributed by atoms with Gasteiger partial charge in [0.05, 0.1) is 11.3 Å². The number of hydrogen-bond acceptors (Lipinski definition) is 3. The monoisotopic (exact) mass is 302 g/mol. The molecule has 0 spiro atoms. The van der Waals surface area contributed by atoms with Gasteiger partial charge in [0.1, 0.15) is 0 Å². The molecule has 10 heteroatoms. The van der Waals surface area contributed by atoms with Crippen LogP contribution in [0.2, 0.25) is 5.02 Å². The minimum atomic E-state index is -5.64. The lowest BCUT2D eigenvalue weighted by molar-refractivity contribution is -0.0429. The van der Waals surface area contributed by atoms with Crippen molar-refractivity contribution in [3.8, 4) is 0 Å². The molecule has 0 saturated heterocycles. The van der Waals surface area contributed by atoms with Crippen molar-refractivity contribution in [3.63, 3.8) is 0 Å². The molecular formula is C8H6ClF3N2O3S. The minimum Gasteiger partial charge on any atom is -0.366 e. The van der Waals surface area contributed by atoms with Gasteiger partial charge in [0.25, 0.3) is 5.91 Å². The van der Waals surface area contributed by atoms with E-state index in [0.717, 1.165) is 12.1 Å². The lowest BCUT2D eigenvalue weighted by Crippen LogP contribution is -2.31. The second kappa shape index (κ2) is 4.65. The number of carbonyl (C=O) groups excluding carboxylic acids is 1. The maximum absolute atomic E-state index is 12.2. The molecule has 0 aromatic heterocycles. The first-order valence-corrected chi connectivity index (χ1v) is 6.09. The summed E-state index contributed by atoms with van der Waals surface area (Å²) in [7, 11) is -5.64. The van der Waals surface area contributed by atoms with Gasteiger partial charge in [0, 0.05) is 5.02 Å². The van der Waals surface area contributed by atoms with Crippen molar-refractivity contribution in [2.75, 3.05) is 4.72 Å². The topological polar surface area (TPSA) is 89.3 Å². The van der Waals surface area contributed by atoms with Crippen LogP contribution in [-0.2, 0) is 10.0 Å². The number of rotatable bonds is 3. The number of primary amides is 1. The number of sulfonamides is 1. The Labute approximate surface area is 105 Å². The van der Waals surface area contributed by atoms with E-state index in [4.69, 9.17) is 17.3 Å². The highest BCUT2D eigenvalue weighted by Gasteiger charge is 2.46. The van der Waals surface area contributed by atoms with E-state index in [9.17, 15) is 26.4 Å². The lowest BCUT2D eigenvalue weighted by atomic mass is 10.2. The number of carbonyl (C=O) groups is 1. The molecule has 0 atom stereocenters. The first-order chi connectivity index (χ1) is 8.04. The Bertz CT molecular complexity index is 586. The van der Waals surface area contributed by atoms with Crippen LogP contribution in [0.25, 0.3) is 0 Å². The number of nitrogens with one attached hydrogen (secondary N) is 1. The fourth-order valence-electron chi connectivity index (χ4n) is 1.02. The van der Waals surface area contributed by atoms with Gasteiger partial charge in [-0.3, -0.25) is 9.52 Å². The standard InChI is InChI=1S/C8H6ClF3N2O3S/c9-4-1-2-5(7(13)15)6(3-4)14-18(16,17)8(10,11)12/h1-3,14H,(H2,13,15). The van der Waals surface area contributed by atoms with Crippen LogP contribution < -0.4 is 10.5 Å². The zero-order chi connectivity index (χ0) is 14.1. The van der Waals surface area contributed by atoms with Crippen LogP contribution in [0.4, 0.5) is 18.9 Å². The zero-order valence-corrected chi connectivity index (χ0v) is 10.0. The molecule has 1 aromatic rings. The summed E-state index contributed by atoms with van der Waals surface area (Å²) in [5.41, 5.74) is -1.67. The maximum Gasteiger partial charge on any atom is 0.516 e. The highest BCUT2D eigenvalue weighted by atomic mass is 35.5. The van der Waals surface area contributed by atoms with Crippen LogP contribution in [-0.4, -0.2) is 19.8 Å². The van der Waals surface area contributed by atoms with Crippen LogP contribution in [0.1, 0.15) is 10.4 Å². The van der Waals surface area contributed by atoms with Gasteiger partial charge in [-0.2, -0.15) is 21.6 Å². The first kappa shape index (κ1) is 14.6. The van der Waals surface area contributed by atoms with Crippen molar-refractivity contribution in [3.05, 3.63) is 28.8 Å². The largest absolute Gasteiger partial charge is 0.516 e. The number of hydrogen-bond donors (Lipinski definition) is 2. The fraction of sp³-hybridized carbons (Fsp3) is 0.125. The van der Waals surface area contributed by atoms with E-state index in [2.05, 4.69) is 0 Å². The molecule has 18 heavy (non-hydrogen) atoms. The molecule has 100 valence electrons. The van der Waals surface area contributed by atoms with Crippen LogP contribution in [0, 0.1) is 0 Å². The number of anilines is 1. The molecule has 0 radical (unpaired) electrons. The minimum absolute atomic E-state index is 0.0557. The van der Waals surface area contributed by atoms with Gasteiger partial charge in [-0.25, -0.2) is 0 Å². The Kier molecular flexibility index (Phi) is 3.77. The van der Waals surface area contributed by atoms with Gasteiger partial charge < -0.3 is 5.73 Å². The number of alkyl halides is 3. The molecular weight excluding hydrogens is 297 g/mol. The van der Waals surface area contributed by atoms with Crippen LogP contribution in [0.3, 0.4) is 0 Å². The van der Waals surface area contributed by atoms with Crippen molar-refractivity contribution in [1.29, 1.82) is 0 Å². The molecule has 0 unspecified atom stereocenters. The summed E-state index contributed by atoms with van der Waals surface area (Å²) in [6, 6.07) is 3.05. The normalized spacial score (nSPS) is 12.2. The summed E-state index contributed by atoms with van der Waals surface area (Å²) in [4.78, 5) is 10.9. The Morgan fingerprint density at radius 3 is 2.33 bits per heavy atom. The van der Waals surface area contributed by atoms with E-state index in [1.54, 1.807) is 0 Å². The van der Waals surface area contributed by atoms with Crippen LogP contribution in [0.5, 0.6) is 0 Å². The molecule has 0 aliphatic heterocycles. The summed E-state index contributed by atoms with van der Waals surface area (Å²) in [6.45, 7) is 0. The fourth-order valence-corrected chi connectivity index (χ4v) is 1.76. The third-order valence-electron chi connectivity index (χ3n) is 1.80. The number of amides is 1. The van der Waals surface area contributed by atoms with Crippen molar-refractivity contribution in [2.45, 2.75) is 5.51 Å². The Morgan fingerprint density at radius 1 is 1.33 bits per heavy atom. The Balaban J connectivity index is 3.27. The smallest absolute Gasteiger partial charge is 0.366 e. The van der Waals surface area contributed by atoms with E-state index < -0.39 is 32.7 Å². The second-order valence-electron chi connectivity index (χ2n) is 3.11. The van der Waals surface area contributed by atoms with Gasteiger partial charge in [-0.15, -0.1) is 0 Å². The average molecular weight is 303 g/mol. The van der Waals surface area contributed by atoms with Gasteiger partial charge in [-0.1, -0.05) is 11.6 Å². The maximum atomic E-state index is 12.2. The van der Waals surface area contributed by atoms with Gasteiger partial charge in [0.2, 0.25) is 0 Å². The Morgan fingerprint density at radius 2 is 1.89 bits per heavy atom. The third kappa shape index (κ3) is 3.05. The Hall–Kier alpha value is -1.48. The number of benzene rings is 1. The summed E-state index contributed by atoms with van der Waals surface area (Å²) >= 11 is 5.50. The summed E-state index contributed by atoms with van der Waals surface area (Å²) in [6.07, 6.45) is 0. The highest BCUT2D eigenvalue weighted by molar-refractivity contribution is 7.93. The summed E-state index contributed by atoms with van der Waals surface area (Å²) in [5, 5.41) is -0.0557. The third-order valence-corrected chi connectivity index (χ3v) is 3.13. The van der Waals surface area contributed by atoms with Crippen molar-refractivity contribution < 1.29 is 26.4 Å². The van der Waals surface area contributed by atoms with Crippen LogP contribution in [0.15, 0.2) is 18.2 Å². The van der Waals surface area contributed by atoms with Gasteiger partial charge in [-0.05, 0) is 18.2 Å². The lowest BCUT2D eigenvalue weighted by Gasteiger charge is -2.12. The average Bonchev–Trinajstić information content (AvgIpc) is 2.14. The highest BCUT2D eigenvalue weighted by Crippen LogP contribution is 2.28. The van der Waals surface area contributed by atoms with Crippen molar-refractivity contribution in [1.82, 2.24) is 0 Å². The molecule has 0 aliphatic carbocycles. The summed E-state index contributed by atoms with van der Waals surface area (Å²) < 4.78 is 59.4. The van der Waals surface area contributed by atoms with Crippen LogP contribution >= 0.6 is 11.6 Å². The second-order valence-corrected chi connectivity index (χ2v) is 5.22. The van der Waals surface area contributed by atoms with Gasteiger partial charge in [0.15, 0.2) is 0 Å². The van der Waals surface area contributed by atoms with E-state index in [-0.39, 0.29) is 5.02 Å². The van der Waals surface area contributed by atoms with E-state index in [1.807, 2.05) is 0 Å². The molecule has 0 saturated carbocycles. The number of nitrogens with two attached hydrogens (primary N) is 1. The molecule has 1 amide bonds. The molecule has 1 aromatic carbocycles. The van der Waals surface area contributed by atoms with E-state index in [1.165, 1.54) is 10.8 Å².